The Hall–Kier alpha value is -4.25. The fourth-order valence-corrected chi connectivity index (χ4v) is 3.44. The number of terminal acetylenes is 1. The molecule has 3 aromatic rings. The fraction of sp³-hybridized carbons (Fsp3) is 0.240. The molecule has 1 amide bonds. The molecule has 1 aromatic heterocycles. The van der Waals surface area contributed by atoms with Gasteiger partial charge in [-0.2, -0.15) is 0 Å². The van der Waals surface area contributed by atoms with E-state index in [-0.39, 0.29) is 43.0 Å². The highest BCUT2D eigenvalue weighted by molar-refractivity contribution is 5.98. The molecule has 0 saturated heterocycles. The van der Waals surface area contributed by atoms with Gasteiger partial charge in [0.2, 0.25) is 5.91 Å². The van der Waals surface area contributed by atoms with Crippen molar-refractivity contribution in [3.8, 4) is 12.3 Å². The van der Waals surface area contributed by atoms with Crippen molar-refractivity contribution < 1.29 is 4.79 Å². The SMILES string of the molecule is C#Cc1cccc(NCC(=O)N(CC(C)C)c2c(N)n(Cc3ccccc3)c(=O)[nH]c2=O)c1. The van der Waals surface area contributed by atoms with Crippen LogP contribution in [0.2, 0.25) is 0 Å². The number of nitrogen functional groups attached to an aromatic ring is 1. The maximum atomic E-state index is 13.2. The average molecular weight is 446 g/mol. The first-order valence-electron chi connectivity index (χ1n) is 10.6. The van der Waals surface area contributed by atoms with E-state index in [1.807, 2.05) is 44.2 Å². The number of H-pyrrole nitrogens is 1. The van der Waals surface area contributed by atoms with E-state index in [0.29, 0.717) is 11.3 Å². The number of aromatic amines is 1. The molecule has 0 radical (unpaired) electrons. The Morgan fingerprint density at radius 3 is 2.58 bits per heavy atom. The van der Waals surface area contributed by atoms with Crippen LogP contribution in [0.5, 0.6) is 0 Å². The van der Waals surface area contributed by atoms with Crippen LogP contribution in [0, 0.1) is 18.3 Å². The van der Waals surface area contributed by atoms with Gasteiger partial charge >= 0.3 is 5.69 Å². The number of carbonyl (C=O) groups is 1. The maximum Gasteiger partial charge on any atom is 0.330 e. The summed E-state index contributed by atoms with van der Waals surface area (Å²) in [5.74, 6) is 2.17. The van der Waals surface area contributed by atoms with Crippen LogP contribution in [0.25, 0.3) is 0 Å². The fourth-order valence-electron chi connectivity index (χ4n) is 3.44. The van der Waals surface area contributed by atoms with Crippen molar-refractivity contribution >= 4 is 23.1 Å². The van der Waals surface area contributed by atoms with E-state index in [9.17, 15) is 14.4 Å². The molecule has 0 unspecified atom stereocenters. The lowest BCUT2D eigenvalue weighted by atomic mass is 10.2. The van der Waals surface area contributed by atoms with E-state index < -0.39 is 11.2 Å². The summed E-state index contributed by atoms with van der Waals surface area (Å²) in [7, 11) is 0. The Kier molecular flexibility index (Phi) is 7.36. The molecule has 33 heavy (non-hydrogen) atoms. The first kappa shape index (κ1) is 23.4. The monoisotopic (exact) mass is 445 g/mol. The molecule has 170 valence electrons. The van der Waals surface area contributed by atoms with Crippen molar-refractivity contribution in [2.45, 2.75) is 20.4 Å². The quantitative estimate of drug-likeness (QED) is 0.460. The summed E-state index contributed by atoms with van der Waals surface area (Å²) in [5.41, 5.74) is 7.12. The first-order chi connectivity index (χ1) is 15.8. The summed E-state index contributed by atoms with van der Waals surface area (Å²) in [5, 5.41) is 3.04. The standard InChI is InChI=1S/C25H27N5O3/c1-4-18-11-8-12-20(13-18)27-14-21(31)29(15-17(2)3)22-23(26)30(25(33)28-24(22)32)16-19-9-6-5-7-10-19/h1,5-13,17,27H,14-16,26H2,2-3H3,(H,28,32,33). The van der Waals surface area contributed by atoms with E-state index in [4.69, 9.17) is 12.2 Å². The van der Waals surface area contributed by atoms with Gasteiger partial charge in [-0.1, -0.05) is 56.2 Å². The number of anilines is 3. The van der Waals surface area contributed by atoms with Crippen molar-refractivity contribution in [1.29, 1.82) is 0 Å². The molecule has 1 heterocycles. The summed E-state index contributed by atoms with van der Waals surface area (Å²) in [6, 6.07) is 16.4. The molecule has 0 aliphatic rings. The van der Waals surface area contributed by atoms with E-state index in [1.165, 1.54) is 9.47 Å². The number of carbonyl (C=O) groups excluding carboxylic acids is 1. The minimum absolute atomic E-state index is 0.0385. The highest BCUT2D eigenvalue weighted by atomic mass is 16.2. The number of nitrogens with one attached hydrogen (secondary N) is 2. The van der Waals surface area contributed by atoms with Gasteiger partial charge in [0, 0.05) is 17.8 Å². The minimum atomic E-state index is -0.704. The topological polar surface area (TPSA) is 113 Å². The molecule has 0 aliphatic heterocycles. The van der Waals surface area contributed by atoms with Crippen molar-refractivity contribution in [3.63, 3.8) is 0 Å². The molecule has 0 saturated carbocycles. The molecular formula is C25H27N5O3. The lowest BCUT2D eigenvalue weighted by Gasteiger charge is -2.26. The number of rotatable bonds is 8. The second-order valence-corrected chi connectivity index (χ2v) is 8.04. The molecule has 0 bridgehead atoms. The molecule has 4 N–H and O–H groups in total. The molecular weight excluding hydrogens is 418 g/mol. The van der Waals surface area contributed by atoms with E-state index >= 15 is 0 Å². The van der Waals surface area contributed by atoms with Gasteiger partial charge in [-0.25, -0.2) is 4.79 Å². The van der Waals surface area contributed by atoms with Crippen molar-refractivity contribution in [2.75, 3.05) is 29.0 Å². The van der Waals surface area contributed by atoms with Gasteiger partial charge in [-0.15, -0.1) is 6.42 Å². The van der Waals surface area contributed by atoms with Gasteiger partial charge in [0.25, 0.3) is 5.56 Å². The Balaban J connectivity index is 1.95. The van der Waals surface area contributed by atoms with E-state index in [0.717, 1.165) is 5.56 Å². The van der Waals surface area contributed by atoms with Gasteiger partial charge in [0.05, 0.1) is 13.1 Å². The summed E-state index contributed by atoms with van der Waals surface area (Å²) in [6.45, 7) is 4.18. The zero-order valence-corrected chi connectivity index (χ0v) is 18.7. The number of hydrogen-bond donors (Lipinski definition) is 3. The Morgan fingerprint density at radius 1 is 1.18 bits per heavy atom. The minimum Gasteiger partial charge on any atom is -0.383 e. The number of nitrogens with two attached hydrogens (primary N) is 1. The van der Waals surface area contributed by atoms with Gasteiger partial charge in [-0.3, -0.25) is 19.1 Å². The van der Waals surface area contributed by atoms with Crippen LogP contribution in [-0.2, 0) is 11.3 Å². The maximum absolute atomic E-state index is 13.2. The number of amides is 1. The second-order valence-electron chi connectivity index (χ2n) is 8.04. The smallest absolute Gasteiger partial charge is 0.330 e. The molecule has 3 rings (SSSR count). The van der Waals surface area contributed by atoms with Gasteiger partial charge in [0.1, 0.15) is 5.82 Å². The number of aromatic nitrogens is 2. The second kappa shape index (κ2) is 10.4. The average Bonchev–Trinajstić information content (AvgIpc) is 2.80. The van der Waals surface area contributed by atoms with E-state index in [2.05, 4.69) is 16.2 Å². The first-order valence-corrected chi connectivity index (χ1v) is 10.6. The predicted octanol–water partition coefficient (Wildman–Crippen LogP) is 2.25. The lowest BCUT2D eigenvalue weighted by Crippen LogP contribution is -2.44. The third kappa shape index (κ3) is 5.71. The summed E-state index contributed by atoms with van der Waals surface area (Å²) in [4.78, 5) is 42.1. The summed E-state index contributed by atoms with van der Waals surface area (Å²) >= 11 is 0. The van der Waals surface area contributed by atoms with Crippen LogP contribution in [-0.4, -0.2) is 28.5 Å². The Bertz CT molecular complexity index is 1290. The molecule has 0 fully saturated rings. The van der Waals surface area contributed by atoms with Crippen LogP contribution in [0.1, 0.15) is 25.0 Å². The van der Waals surface area contributed by atoms with E-state index in [1.54, 1.807) is 24.3 Å². The van der Waals surface area contributed by atoms with Crippen LogP contribution >= 0.6 is 0 Å². The number of nitrogens with zero attached hydrogens (tertiary/aromatic N) is 2. The van der Waals surface area contributed by atoms with Crippen LogP contribution in [0.15, 0.2) is 64.2 Å². The van der Waals surface area contributed by atoms with Gasteiger partial charge in [-0.05, 0) is 29.7 Å². The number of benzene rings is 2. The lowest BCUT2D eigenvalue weighted by molar-refractivity contribution is -0.117. The summed E-state index contributed by atoms with van der Waals surface area (Å²) in [6.07, 6.45) is 5.44. The molecule has 8 nitrogen and oxygen atoms in total. The molecule has 0 atom stereocenters. The highest BCUT2D eigenvalue weighted by Crippen LogP contribution is 2.20. The third-order valence-corrected chi connectivity index (χ3v) is 4.99. The predicted molar refractivity (Wildman–Crippen MR) is 131 cm³/mol. The van der Waals surface area contributed by atoms with Gasteiger partial charge < -0.3 is 16.0 Å². The third-order valence-electron chi connectivity index (χ3n) is 4.99. The summed E-state index contributed by atoms with van der Waals surface area (Å²) < 4.78 is 1.26. The normalized spacial score (nSPS) is 10.6. The molecule has 8 heteroatoms. The van der Waals surface area contributed by atoms with Crippen molar-refractivity contribution in [2.24, 2.45) is 5.92 Å². The van der Waals surface area contributed by atoms with Crippen LogP contribution < -0.4 is 27.2 Å². The van der Waals surface area contributed by atoms with Crippen LogP contribution in [0.4, 0.5) is 17.2 Å². The van der Waals surface area contributed by atoms with Crippen LogP contribution in [0.3, 0.4) is 0 Å². The largest absolute Gasteiger partial charge is 0.383 e. The van der Waals surface area contributed by atoms with Gasteiger partial charge in [0.15, 0.2) is 5.69 Å². The molecule has 0 spiro atoms. The molecule has 2 aromatic carbocycles. The Morgan fingerprint density at radius 2 is 1.91 bits per heavy atom. The zero-order valence-electron chi connectivity index (χ0n) is 18.7. The van der Waals surface area contributed by atoms with Crippen molar-refractivity contribution in [1.82, 2.24) is 9.55 Å². The number of hydrogen-bond acceptors (Lipinski definition) is 5. The molecule has 0 aliphatic carbocycles. The zero-order chi connectivity index (χ0) is 24.0. The van der Waals surface area contributed by atoms with Crippen molar-refractivity contribution in [3.05, 3.63) is 86.6 Å². The Labute approximate surface area is 192 Å². The highest BCUT2D eigenvalue weighted by Gasteiger charge is 2.25.